The second kappa shape index (κ2) is 26.6. The number of allylic oxidation sites excluding steroid dienone is 2. The summed E-state index contributed by atoms with van der Waals surface area (Å²) in [4.78, 5) is 108. The van der Waals surface area contributed by atoms with Gasteiger partial charge in [0.25, 0.3) is 5.56 Å². The van der Waals surface area contributed by atoms with Crippen molar-refractivity contribution >= 4 is 41.5 Å². The number of carboxylic acid groups (broad SMARTS) is 2. The van der Waals surface area contributed by atoms with Crippen LogP contribution in [0.25, 0.3) is 0 Å². The van der Waals surface area contributed by atoms with Crippen LogP contribution in [0.3, 0.4) is 0 Å². The minimum absolute atomic E-state index is 0.0391. The number of ketones is 1. The van der Waals surface area contributed by atoms with Gasteiger partial charge < -0.3 is 92.5 Å². The number of carboxylic acids is 2. The van der Waals surface area contributed by atoms with E-state index < -0.39 is 144 Å². The highest BCUT2D eigenvalue weighted by Gasteiger charge is 2.54. The van der Waals surface area contributed by atoms with E-state index in [0.717, 1.165) is 16.8 Å². The van der Waals surface area contributed by atoms with E-state index >= 15 is 0 Å². The summed E-state index contributed by atoms with van der Waals surface area (Å²) in [6, 6.07) is -7.22. The first-order valence-electron chi connectivity index (χ1n) is 23.2. The molecule has 404 valence electrons. The number of aliphatic imine (C=N–C) groups is 1. The van der Waals surface area contributed by atoms with Crippen LogP contribution in [0.2, 0.25) is 0 Å². The maximum Gasteiger partial charge on any atom is 0.330 e. The Balaban J connectivity index is 1.53. The number of methoxy groups -OCH3 is 1. The van der Waals surface area contributed by atoms with Gasteiger partial charge in [0.05, 0.1) is 12.1 Å². The molecule has 2 saturated heterocycles. The van der Waals surface area contributed by atoms with E-state index in [1.165, 1.54) is 20.1 Å². The molecule has 6 unspecified atom stereocenters. The molecule has 4 amide bonds. The largest absolute Gasteiger partial charge is 0.480 e. The molecule has 29 nitrogen and oxygen atoms in total. The van der Waals surface area contributed by atoms with Gasteiger partial charge in [-0.15, -0.1) is 0 Å². The van der Waals surface area contributed by atoms with Crippen LogP contribution in [0.5, 0.6) is 0 Å². The van der Waals surface area contributed by atoms with E-state index in [9.17, 15) is 69.0 Å². The molecule has 0 spiro atoms. The Bertz CT molecular complexity index is 2240. The van der Waals surface area contributed by atoms with Crippen molar-refractivity contribution in [2.75, 3.05) is 33.3 Å². The van der Waals surface area contributed by atoms with Crippen LogP contribution >= 0.6 is 0 Å². The Labute approximate surface area is 412 Å². The maximum absolute atomic E-state index is 14.0. The number of amides is 4. The third-order valence-corrected chi connectivity index (χ3v) is 12.0. The number of aliphatic hydroxyl groups excluding tert-OH is 4. The highest BCUT2D eigenvalue weighted by Crippen LogP contribution is 2.35. The quantitative estimate of drug-likeness (QED) is 0.0304. The third-order valence-electron chi connectivity index (χ3n) is 12.0. The molecule has 2 fully saturated rings. The summed E-state index contributed by atoms with van der Waals surface area (Å²) in [6.45, 7) is 8.89. The van der Waals surface area contributed by atoms with Crippen molar-refractivity contribution in [2.24, 2.45) is 22.6 Å². The van der Waals surface area contributed by atoms with Gasteiger partial charge in [-0.1, -0.05) is 27.7 Å². The van der Waals surface area contributed by atoms with E-state index in [-0.39, 0.29) is 50.8 Å². The van der Waals surface area contributed by atoms with E-state index in [1.54, 1.807) is 34.6 Å². The predicted molar refractivity (Wildman–Crippen MR) is 250 cm³/mol. The second-order valence-corrected chi connectivity index (χ2v) is 18.2. The molecule has 0 bridgehead atoms. The Hall–Kier alpha value is -6.05. The lowest BCUT2D eigenvalue weighted by atomic mass is 9.97. The lowest BCUT2D eigenvalue weighted by Crippen LogP contribution is -2.66. The van der Waals surface area contributed by atoms with Crippen LogP contribution < -0.4 is 54.2 Å². The van der Waals surface area contributed by atoms with Crippen molar-refractivity contribution in [3.05, 3.63) is 44.9 Å². The Morgan fingerprint density at radius 1 is 0.903 bits per heavy atom. The van der Waals surface area contributed by atoms with Gasteiger partial charge in [-0.05, 0) is 51.1 Å². The SMILES string of the molecule is CO[C@H]1[C@H](OC([C@H]2O[C@@H](n3ccc(=O)[nH]c3=O)[C@H](O)[C@@H]2O)[C@@H](NCCCNC(=O)C(NC(=O)C(NC(=O)NC(C(=O)O)C(C)C)C2CCN=C(N)N2)C(O)C(C)C)C(=O)O)O[C@H](CN/C(C)=C/C(C)=O)[C@H]1O. The summed E-state index contributed by atoms with van der Waals surface area (Å²) in [5.74, 6) is -6.18. The van der Waals surface area contributed by atoms with Gasteiger partial charge in [0.15, 0.2) is 24.3 Å². The molecule has 0 aliphatic carbocycles. The number of aromatic nitrogens is 2. The highest BCUT2D eigenvalue weighted by atomic mass is 16.7. The van der Waals surface area contributed by atoms with Crippen LogP contribution in [-0.2, 0) is 42.9 Å². The molecular weight excluding hydrogens is 959 g/mol. The van der Waals surface area contributed by atoms with E-state index in [2.05, 4.69) is 42.2 Å². The first-order chi connectivity index (χ1) is 33.9. The molecule has 29 heteroatoms. The van der Waals surface area contributed by atoms with Crippen molar-refractivity contribution in [2.45, 2.75) is 146 Å². The zero-order valence-electron chi connectivity index (χ0n) is 40.8. The molecule has 72 heavy (non-hydrogen) atoms. The number of rotatable bonds is 26. The van der Waals surface area contributed by atoms with E-state index in [1.807, 2.05) is 4.98 Å². The lowest BCUT2D eigenvalue weighted by Gasteiger charge is -2.34. The van der Waals surface area contributed by atoms with Crippen LogP contribution in [0.1, 0.15) is 60.6 Å². The molecule has 4 rings (SSSR count). The number of carbonyl (C=O) groups is 6. The molecule has 3 aliphatic heterocycles. The molecule has 3 aliphatic rings. The lowest BCUT2D eigenvalue weighted by molar-refractivity contribution is -0.231. The van der Waals surface area contributed by atoms with Gasteiger partial charge >= 0.3 is 23.7 Å². The number of aliphatic carboxylic acids is 2. The number of guanidine groups is 1. The third kappa shape index (κ3) is 15.5. The molecule has 4 heterocycles. The normalized spacial score (nSPS) is 26.8. The van der Waals surface area contributed by atoms with Gasteiger partial charge in [0, 0.05) is 44.7 Å². The first kappa shape index (κ1) is 58.5. The van der Waals surface area contributed by atoms with Gasteiger partial charge in [-0.25, -0.2) is 14.4 Å². The monoisotopic (exact) mass is 1030 g/mol. The fourth-order valence-electron chi connectivity index (χ4n) is 8.18. The zero-order chi connectivity index (χ0) is 53.7. The Kier molecular flexibility index (Phi) is 21.6. The number of H-pyrrole nitrogens is 1. The summed E-state index contributed by atoms with van der Waals surface area (Å²) in [5.41, 5.74) is 4.49. The average molecular weight is 1030 g/mol. The maximum atomic E-state index is 14.0. The molecule has 0 aromatic carbocycles. The molecule has 0 saturated carbocycles. The van der Waals surface area contributed by atoms with Crippen molar-refractivity contribution in [3.8, 4) is 0 Å². The average Bonchev–Trinajstić information content (AvgIpc) is 3.77. The van der Waals surface area contributed by atoms with Gasteiger partial charge in [0.1, 0.15) is 66.9 Å². The standard InChI is InChI=1S/C43H69N11O18/c1-17(2)24(38(63)64)52-42(67)53-25(21-9-13-47-41(44)49-21)36(62)51-26(28(57)18(3)4)35(61)46-12-8-11-45-27(39(65)66)32(33-30(59)31(60)37(71-33)54-14-10-23(56)50-43(54)68)72-40-34(69-7)29(58)22(70-40)16-48-19(5)15-20(6)55/h10,14-15,17-18,21-22,24-34,37,40,45,48,57-60H,8-9,11-13,16H2,1-7H3,(H,46,61)(H,51,62)(H,63,64)(H,65,66)(H3,44,47,49)(H,50,56,68)(H2,52,53,67)/b19-15+/t21?,22-,24?,25?,26?,27-,28?,29-,30+,31-,32?,33+,34-,37-,40+/m1/s1. The zero-order valence-corrected chi connectivity index (χ0v) is 40.8. The molecule has 16 N–H and O–H groups in total. The number of hydrogen-bond acceptors (Lipinski definition) is 21. The van der Waals surface area contributed by atoms with Gasteiger partial charge in [0.2, 0.25) is 11.8 Å². The molecule has 1 aromatic heterocycles. The highest BCUT2D eigenvalue weighted by molar-refractivity contribution is 5.94. The van der Waals surface area contributed by atoms with Crippen LogP contribution in [0.4, 0.5) is 4.79 Å². The van der Waals surface area contributed by atoms with E-state index in [4.69, 9.17) is 24.7 Å². The molecule has 15 atom stereocenters. The fraction of sp³-hybridized carbons (Fsp3) is 0.698. The summed E-state index contributed by atoms with van der Waals surface area (Å²) >= 11 is 0. The number of hydrogen-bond donors (Lipinski definition) is 15. The van der Waals surface area contributed by atoms with Crippen LogP contribution in [0.15, 0.2) is 38.6 Å². The summed E-state index contributed by atoms with van der Waals surface area (Å²) < 4.78 is 24.3. The topological polar surface area (TPSA) is 438 Å². The van der Waals surface area contributed by atoms with E-state index in [0.29, 0.717) is 5.70 Å². The van der Waals surface area contributed by atoms with Crippen LogP contribution in [0, 0.1) is 11.8 Å². The van der Waals surface area contributed by atoms with Gasteiger partial charge in [-0.2, -0.15) is 0 Å². The number of aromatic amines is 1. The van der Waals surface area contributed by atoms with Crippen molar-refractivity contribution in [1.82, 2.24) is 46.8 Å². The van der Waals surface area contributed by atoms with Crippen LogP contribution in [-0.4, -0.2) is 200 Å². The summed E-state index contributed by atoms with van der Waals surface area (Å²) in [7, 11) is 1.22. The predicted octanol–water partition coefficient (Wildman–Crippen LogP) is -5.77. The Morgan fingerprint density at radius 3 is 2.17 bits per heavy atom. The number of aliphatic hydroxyl groups is 4. The number of urea groups is 1. The minimum Gasteiger partial charge on any atom is -0.480 e. The number of nitrogens with zero attached hydrogens (tertiary/aromatic N) is 2. The number of ether oxygens (including phenoxy) is 4. The van der Waals surface area contributed by atoms with Gasteiger partial charge in [-0.3, -0.25) is 38.5 Å². The second-order valence-electron chi connectivity index (χ2n) is 18.2. The number of carbonyl (C=O) groups excluding carboxylic acids is 4. The summed E-state index contributed by atoms with van der Waals surface area (Å²) in [5, 5.41) is 83.4. The summed E-state index contributed by atoms with van der Waals surface area (Å²) in [6.07, 6.45) is -13.5. The van der Waals surface area contributed by atoms with Crippen molar-refractivity contribution in [3.63, 3.8) is 0 Å². The fourth-order valence-corrected chi connectivity index (χ4v) is 8.18. The minimum atomic E-state index is -1.95. The smallest absolute Gasteiger partial charge is 0.330 e. The molecule has 1 aromatic rings. The van der Waals surface area contributed by atoms with Crippen molar-refractivity contribution in [1.29, 1.82) is 0 Å². The first-order valence-corrected chi connectivity index (χ1v) is 23.2. The number of nitrogens with two attached hydrogens (primary N) is 1. The Morgan fingerprint density at radius 2 is 1.58 bits per heavy atom. The number of nitrogens with one attached hydrogen (secondary N) is 8. The molecular formula is C43H69N11O18. The molecule has 0 radical (unpaired) electrons. The van der Waals surface area contributed by atoms with Crippen molar-refractivity contribution < 1.29 is 78.4 Å².